The lowest BCUT2D eigenvalue weighted by Gasteiger charge is -2.28. The molecule has 0 spiro atoms. The third-order valence-electron chi connectivity index (χ3n) is 6.07. The number of H-pyrrole nitrogens is 1. The van der Waals surface area contributed by atoms with E-state index in [1.807, 2.05) is 0 Å². The van der Waals surface area contributed by atoms with Gasteiger partial charge in [-0.3, -0.25) is 24.0 Å². The minimum atomic E-state index is -1.92. The molecule has 14 nitrogen and oxygen atoms in total. The number of carbonyl (C=O) groups excluding carboxylic acids is 5. The highest BCUT2D eigenvalue weighted by molar-refractivity contribution is 6.05. The predicted octanol–water partition coefficient (Wildman–Crippen LogP) is -1.17. The number of aromatic nitrogens is 2. The maximum absolute atomic E-state index is 13.4. The summed E-state index contributed by atoms with van der Waals surface area (Å²) >= 11 is 0. The van der Waals surface area contributed by atoms with Gasteiger partial charge in [-0.05, 0) is 23.6 Å². The summed E-state index contributed by atoms with van der Waals surface area (Å²) in [5.74, 6) is -6.99. The second-order valence-electron chi connectivity index (χ2n) is 9.63. The van der Waals surface area contributed by atoms with E-state index in [4.69, 9.17) is 5.73 Å². The van der Waals surface area contributed by atoms with Crippen molar-refractivity contribution >= 4 is 35.8 Å². The molecule has 0 saturated carbocycles. The van der Waals surface area contributed by atoms with Gasteiger partial charge in [-0.15, -0.1) is 0 Å². The SMILES string of the molecule is CC(=O)N[C@@H](Cc1ccc(O)cc1)C(=O)N[C@H](C(=O)N[C@@H](Cc1cnc[nH]1)C(=O)C(C(=O)O)C(N)C=O)C(C)C. The van der Waals surface area contributed by atoms with Gasteiger partial charge in [-0.25, -0.2) is 4.98 Å². The normalized spacial score (nSPS) is 14.7. The fourth-order valence-electron chi connectivity index (χ4n) is 3.98. The number of nitrogens with two attached hydrogens (primary N) is 1. The van der Waals surface area contributed by atoms with E-state index < -0.39 is 65.5 Å². The average molecular weight is 559 g/mol. The van der Waals surface area contributed by atoms with Crippen LogP contribution >= 0.6 is 0 Å². The Bertz CT molecular complexity index is 1200. The number of nitrogens with one attached hydrogen (secondary N) is 4. The van der Waals surface area contributed by atoms with Gasteiger partial charge >= 0.3 is 5.97 Å². The molecule has 1 aromatic carbocycles. The first kappa shape index (κ1) is 31.6. The minimum Gasteiger partial charge on any atom is -0.508 e. The van der Waals surface area contributed by atoms with E-state index in [2.05, 4.69) is 25.9 Å². The van der Waals surface area contributed by atoms with E-state index in [0.717, 1.165) is 0 Å². The van der Waals surface area contributed by atoms with Crippen molar-refractivity contribution in [3.63, 3.8) is 0 Å². The standard InChI is InChI=1S/C26H34N6O8/c1-13(2)22(32-24(37)20(30-14(3)34)8-15-4-6-17(35)7-5-15)25(38)31-19(9-16-10-28-12-29-16)23(36)21(26(39)40)18(27)11-33/h4-7,10-13,18-22,35H,8-9,27H2,1-3H3,(H,28,29)(H,30,34)(H,31,38)(H,32,37)(H,39,40)/t18?,19-,20-,21?,22-/m0/s1. The molecule has 0 saturated heterocycles. The van der Waals surface area contributed by atoms with Crippen LogP contribution in [0.3, 0.4) is 0 Å². The maximum atomic E-state index is 13.4. The summed E-state index contributed by atoms with van der Waals surface area (Å²) in [4.78, 5) is 81.1. The van der Waals surface area contributed by atoms with Gasteiger partial charge in [0.1, 0.15) is 30.0 Å². The molecular formula is C26H34N6O8. The largest absolute Gasteiger partial charge is 0.508 e. The van der Waals surface area contributed by atoms with Gasteiger partial charge in [-0.2, -0.15) is 0 Å². The molecule has 2 rings (SSSR count). The van der Waals surface area contributed by atoms with Gasteiger partial charge < -0.3 is 41.7 Å². The Morgan fingerprint density at radius 3 is 2.15 bits per heavy atom. The van der Waals surface area contributed by atoms with Crippen molar-refractivity contribution < 1.29 is 39.0 Å². The van der Waals surface area contributed by atoms with E-state index in [-0.39, 0.29) is 24.9 Å². The van der Waals surface area contributed by atoms with Crippen molar-refractivity contribution in [3.8, 4) is 5.75 Å². The molecule has 1 aromatic heterocycles. The zero-order chi connectivity index (χ0) is 30.0. The highest BCUT2D eigenvalue weighted by Crippen LogP contribution is 2.14. The van der Waals surface area contributed by atoms with Crippen molar-refractivity contribution in [2.24, 2.45) is 17.6 Å². The topological polar surface area (TPSA) is 234 Å². The Morgan fingerprint density at radius 2 is 1.65 bits per heavy atom. The van der Waals surface area contributed by atoms with Crippen LogP contribution in [0.5, 0.6) is 5.75 Å². The monoisotopic (exact) mass is 558 g/mol. The van der Waals surface area contributed by atoms with Crippen LogP contribution in [0.25, 0.3) is 0 Å². The first-order chi connectivity index (χ1) is 18.8. The molecule has 3 amide bonds. The molecule has 2 unspecified atom stereocenters. The van der Waals surface area contributed by atoms with Crippen LogP contribution in [-0.2, 0) is 41.6 Å². The summed E-state index contributed by atoms with van der Waals surface area (Å²) in [6, 6.07) is 0.688. The molecule has 0 fully saturated rings. The molecule has 1 heterocycles. The van der Waals surface area contributed by atoms with Crippen molar-refractivity contribution in [1.82, 2.24) is 25.9 Å². The molecule has 0 aliphatic carbocycles. The van der Waals surface area contributed by atoms with Gasteiger partial charge in [0.2, 0.25) is 17.7 Å². The van der Waals surface area contributed by atoms with Crippen molar-refractivity contribution in [1.29, 1.82) is 0 Å². The number of aliphatic carboxylic acids is 1. The van der Waals surface area contributed by atoms with E-state index in [9.17, 15) is 39.0 Å². The van der Waals surface area contributed by atoms with E-state index in [1.54, 1.807) is 26.0 Å². The second kappa shape index (κ2) is 14.5. The molecule has 14 heteroatoms. The molecule has 216 valence electrons. The number of ketones is 1. The Morgan fingerprint density at radius 1 is 1.00 bits per heavy atom. The predicted molar refractivity (Wildman–Crippen MR) is 141 cm³/mol. The number of phenolic OH excluding ortho intramolecular Hbond substituents is 1. The minimum absolute atomic E-state index is 0.0271. The molecule has 0 aliphatic heterocycles. The smallest absolute Gasteiger partial charge is 0.316 e. The van der Waals surface area contributed by atoms with Crippen LogP contribution in [0, 0.1) is 11.8 Å². The fourth-order valence-corrected chi connectivity index (χ4v) is 3.98. The summed E-state index contributed by atoms with van der Waals surface area (Å²) < 4.78 is 0. The Hall–Kier alpha value is -4.59. The average Bonchev–Trinajstić information content (AvgIpc) is 3.40. The number of phenols is 1. The van der Waals surface area contributed by atoms with Gasteiger partial charge in [0, 0.05) is 31.7 Å². The fraction of sp³-hybridized carbons (Fsp3) is 0.423. The lowest BCUT2D eigenvalue weighted by atomic mass is 9.89. The van der Waals surface area contributed by atoms with Gasteiger partial charge in [0.25, 0.3) is 0 Å². The highest BCUT2D eigenvalue weighted by Gasteiger charge is 2.39. The van der Waals surface area contributed by atoms with Gasteiger partial charge in [0.05, 0.1) is 18.4 Å². The molecule has 2 aromatic rings. The molecule has 0 radical (unpaired) electrons. The number of Topliss-reactive ketones (excluding diaryl/α,β-unsaturated/α-hetero) is 1. The number of imidazole rings is 1. The maximum Gasteiger partial charge on any atom is 0.316 e. The summed E-state index contributed by atoms with van der Waals surface area (Å²) in [6.07, 6.45) is 2.72. The second-order valence-corrected chi connectivity index (χ2v) is 9.63. The Balaban J connectivity index is 2.29. The van der Waals surface area contributed by atoms with Crippen LogP contribution in [0.15, 0.2) is 36.8 Å². The first-order valence-corrected chi connectivity index (χ1v) is 12.4. The van der Waals surface area contributed by atoms with E-state index >= 15 is 0 Å². The zero-order valence-electron chi connectivity index (χ0n) is 22.3. The first-order valence-electron chi connectivity index (χ1n) is 12.4. The number of benzene rings is 1. The molecule has 0 aliphatic rings. The zero-order valence-corrected chi connectivity index (χ0v) is 22.3. The molecular weight excluding hydrogens is 524 g/mol. The van der Waals surface area contributed by atoms with Crippen LogP contribution in [-0.4, -0.2) is 80.1 Å². The Labute approximate surface area is 230 Å². The van der Waals surface area contributed by atoms with Crippen molar-refractivity contribution in [2.45, 2.75) is 57.8 Å². The number of carbonyl (C=O) groups is 6. The number of aromatic amines is 1. The van der Waals surface area contributed by atoms with E-state index in [0.29, 0.717) is 11.3 Å². The third-order valence-corrected chi connectivity index (χ3v) is 6.07. The number of aldehydes is 1. The number of hydrogen-bond acceptors (Lipinski definition) is 9. The van der Waals surface area contributed by atoms with Gasteiger partial charge in [0.15, 0.2) is 5.78 Å². The molecule has 8 N–H and O–H groups in total. The number of amides is 3. The lowest BCUT2D eigenvalue weighted by Crippen LogP contribution is -2.59. The summed E-state index contributed by atoms with van der Waals surface area (Å²) in [6.45, 7) is 4.52. The molecule has 40 heavy (non-hydrogen) atoms. The third kappa shape index (κ3) is 9.01. The van der Waals surface area contributed by atoms with Crippen molar-refractivity contribution in [2.75, 3.05) is 0 Å². The van der Waals surface area contributed by atoms with E-state index in [1.165, 1.54) is 31.6 Å². The number of aromatic hydroxyl groups is 1. The van der Waals surface area contributed by atoms with Crippen LogP contribution in [0.2, 0.25) is 0 Å². The highest BCUT2D eigenvalue weighted by atomic mass is 16.4. The van der Waals surface area contributed by atoms with Gasteiger partial charge in [-0.1, -0.05) is 26.0 Å². The molecule has 5 atom stereocenters. The quantitative estimate of drug-likeness (QED) is 0.102. The summed E-state index contributed by atoms with van der Waals surface area (Å²) in [5, 5.41) is 26.7. The number of hydrogen-bond donors (Lipinski definition) is 7. The molecule has 0 bridgehead atoms. The Kier molecular flexibility index (Phi) is 11.5. The number of nitrogens with zero attached hydrogens (tertiary/aromatic N) is 1. The van der Waals surface area contributed by atoms with Crippen LogP contribution < -0.4 is 21.7 Å². The van der Waals surface area contributed by atoms with Crippen molar-refractivity contribution in [3.05, 3.63) is 48.0 Å². The van der Waals surface area contributed by atoms with Crippen LogP contribution in [0.4, 0.5) is 0 Å². The number of carboxylic acid groups (broad SMARTS) is 1. The summed E-state index contributed by atoms with van der Waals surface area (Å²) in [7, 11) is 0. The number of carboxylic acids is 1. The number of rotatable bonds is 15. The van der Waals surface area contributed by atoms with Crippen LogP contribution in [0.1, 0.15) is 32.0 Å². The lowest BCUT2D eigenvalue weighted by molar-refractivity contribution is -0.149. The summed E-state index contributed by atoms with van der Waals surface area (Å²) in [5.41, 5.74) is 6.60.